The normalized spacial score (nSPS) is 15.0. The predicted octanol–water partition coefficient (Wildman–Crippen LogP) is 4.86. The number of nitrogens with zero attached hydrogens (tertiary/aromatic N) is 3. The molecule has 0 spiro atoms. The molecule has 3 heterocycles. The molecule has 160 valence electrons. The molecule has 5 rings (SSSR count). The van der Waals surface area contributed by atoms with Crippen molar-refractivity contribution < 1.29 is 4.79 Å². The van der Waals surface area contributed by atoms with Gasteiger partial charge in [-0.1, -0.05) is 54.6 Å². The van der Waals surface area contributed by atoms with Gasteiger partial charge in [0.15, 0.2) is 0 Å². The fraction of sp³-hybridized carbons (Fsp3) is 0.222. The highest BCUT2D eigenvalue weighted by Gasteiger charge is 2.24. The van der Waals surface area contributed by atoms with E-state index in [1.165, 1.54) is 18.4 Å². The fourth-order valence-corrected chi connectivity index (χ4v) is 4.48. The Morgan fingerprint density at radius 1 is 0.906 bits per heavy atom. The number of para-hydroxylation sites is 1. The minimum Gasteiger partial charge on any atom is -0.350 e. The van der Waals surface area contributed by atoms with Crippen molar-refractivity contribution in [3.8, 4) is 11.4 Å². The summed E-state index contributed by atoms with van der Waals surface area (Å²) in [5, 5.41) is 4.07. The average Bonchev–Trinajstić information content (AvgIpc) is 3.39. The zero-order chi connectivity index (χ0) is 21.8. The average molecular weight is 423 g/mol. The van der Waals surface area contributed by atoms with Crippen LogP contribution in [0.1, 0.15) is 34.8 Å². The molecule has 0 aliphatic carbocycles. The lowest BCUT2D eigenvalue weighted by Crippen LogP contribution is -2.36. The Morgan fingerprint density at radius 2 is 1.66 bits per heavy atom. The summed E-state index contributed by atoms with van der Waals surface area (Å²) >= 11 is 0. The minimum absolute atomic E-state index is 0.0825. The smallest absolute Gasteiger partial charge is 0.252 e. The maximum atomic E-state index is 13.4. The van der Waals surface area contributed by atoms with E-state index in [4.69, 9.17) is 4.98 Å². The van der Waals surface area contributed by atoms with E-state index in [1.54, 1.807) is 6.20 Å². The zero-order valence-corrected chi connectivity index (χ0v) is 17.9. The van der Waals surface area contributed by atoms with Crippen LogP contribution in [-0.4, -0.2) is 40.4 Å². The van der Waals surface area contributed by atoms with E-state index in [2.05, 4.69) is 39.5 Å². The molecule has 0 unspecified atom stereocenters. The van der Waals surface area contributed by atoms with Crippen molar-refractivity contribution in [1.29, 1.82) is 0 Å². The van der Waals surface area contributed by atoms with Crippen molar-refractivity contribution in [3.63, 3.8) is 0 Å². The minimum atomic E-state index is -0.0825. The van der Waals surface area contributed by atoms with E-state index in [1.807, 2.05) is 54.6 Å². The van der Waals surface area contributed by atoms with E-state index >= 15 is 0 Å². The lowest BCUT2D eigenvalue weighted by molar-refractivity contribution is 0.0939. The summed E-state index contributed by atoms with van der Waals surface area (Å²) in [6.45, 7) is 2.70. The van der Waals surface area contributed by atoms with E-state index < -0.39 is 0 Å². The molecule has 1 amide bonds. The van der Waals surface area contributed by atoms with Gasteiger partial charge in [0.05, 0.1) is 28.5 Å². The van der Waals surface area contributed by atoms with Crippen LogP contribution in [0.5, 0.6) is 0 Å². The fourth-order valence-electron chi connectivity index (χ4n) is 4.48. The van der Waals surface area contributed by atoms with Crippen LogP contribution in [0.3, 0.4) is 0 Å². The standard InChI is InChI=1S/C27H26N4O/c32-27(29-19-26(31-16-8-9-17-31)20-10-2-1-3-11-20)22-18-25(24-14-6-7-15-28-24)30-23-13-5-4-12-21(22)23/h1-7,10-15,18,26H,8-9,16-17,19H2,(H,29,32)/t26-/m1/s1. The third-order valence-corrected chi connectivity index (χ3v) is 6.11. The number of likely N-dealkylation sites (tertiary alicyclic amines) is 1. The zero-order valence-electron chi connectivity index (χ0n) is 17.9. The van der Waals surface area contributed by atoms with Gasteiger partial charge < -0.3 is 5.32 Å². The van der Waals surface area contributed by atoms with Crippen LogP contribution in [0.2, 0.25) is 0 Å². The number of carbonyl (C=O) groups is 1. The molecule has 5 nitrogen and oxygen atoms in total. The molecular formula is C27H26N4O. The number of hydrogen-bond acceptors (Lipinski definition) is 4. The summed E-state index contributed by atoms with van der Waals surface area (Å²) in [5.74, 6) is -0.0825. The number of benzene rings is 2. The van der Waals surface area contributed by atoms with Crippen LogP contribution in [0.25, 0.3) is 22.3 Å². The third kappa shape index (κ3) is 4.25. The number of carbonyl (C=O) groups excluding carboxylic acids is 1. The van der Waals surface area contributed by atoms with Crippen molar-refractivity contribution in [1.82, 2.24) is 20.2 Å². The molecule has 1 aliphatic rings. The predicted molar refractivity (Wildman–Crippen MR) is 127 cm³/mol. The van der Waals surface area contributed by atoms with E-state index in [-0.39, 0.29) is 11.9 Å². The summed E-state index contributed by atoms with van der Waals surface area (Å²) in [4.78, 5) is 25.1. The molecule has 32 heavy (non-hydrogen) atoms. The summed E-state index contributed by atoms with van der Waals surface area (Å²) in [6.07, 6.45) is 4.16. The molecule has 2 aromatic heterocycles. The highest BCUT2D eigenvalue weighted by atomic mass is 16.1. The summed E-state index contributed by atoms with van der Waals surface area (Å²) in [5.41, 5.74) is 4.12. The van der Waals surface area contributed by atoms with Gasteiger partial charge in [0.25, 0.3) is 5.91 Å². The maximum Gasteiger partial charge on any atom is 0.252 e. The first-order chi connectivity index (χ1) is 15.8. The van der Waals surface area contributed by atoms with Crippen molar-refractivity contribution in [2.75, 3.05) is 19.6 Å². The Balaban J connectivity index is 1.45. The van der Waals surface area contributed by atoms with Gasteiger partial charge in [-0.15, -0.1) is 0 Å². The van der Waals surface area contributed by atoms with E-state index in [9.17, 15) is 4.79 Å². The molecule has 1 saturated heterocycles. The Hall–Kier alpha value is -3.57. The van der Waals surface area contributed by atoms with Gasteiger partial charge in [-0.25, -0.2) is 4.98 Å². The second-order valence-corrected chi connectivity index (χ2v) is 8.17. The topological polar surface area (TPSA) is 58.1 Å². The molecule has 0 saturated carbocycles. The van der Waals surface area contributed by atoms with Crippen molar-refractivity contribution in [3.05, 3.63) is 96.2 Å². The number of amides is 1. The number of hydrogen-bond donors (Lipinski definition) is 1. The molecule has 4 aromatic rings. The number of rotatable bonds is 6. The number of pyridine rings is 2. The molecule has 0 radical (unpaired) electrons. The van der Waals surface area contributed by atoms with Crippen molar-refractivity contribution in [2.45, 2.75) is 18.9 Å². The number of fused-ring (bicyclic) bond motifs is 1. The van der Waals surface area contributed by atoms with Gasteiger partial charge in [-0.3, -0.25) is 14.7 Å². The van der Waals surface area contributed by atoms with Gasteiger partial charge in [0.1, 0.15) is 0 Å². The highest BCUT2D eigenvalue weighted by molar-refractivity contribution is 6.07. The molecule has 1 fully saturated rings. The Labute approximate surface area is 188 Å². The van der Waals surface area contributed by atoms with Crippen LogP contribution < -0.4 is 5.32 Å². The van der Waals surface area contributed by atoms with E-state index in [0.29, 0.717) is 17.8 Å². The molecule has 1 aliphatic heterocycles. The highest BCUT2D eigenvalue weighted by Crippen LogP contribution is 2.26. The first-order valence-electron chi connectivity index (χ1n) is 11.2. The molecule has 1 N–H and O–H groups in total. The third-order valence-electron chi connectivity index (χ3n) is 6.11. The van der Waals surface area contributed by atoms with Gasteiger partial charge >= 0.3 is 0 Å². The lowest BCUT2D eigenvalue weighted by atomic mass is 10.0. The monoisotopic (exact) mass is 422 g/mol. The van der Waals surface area contributed by atoms with Crippen molar-refractivity contribution >= 4 is 16.8 Å². The van der Waals surface area contributed by atoms with Gasteiger partial charge in [0.2, 0.25) is 0 Å². The first-order valence-corrected chi connectivity index (χ1v) is 11.2. The molecule has 5 heteroatoms. The summed E-state index contributed by atoms with van der Waals surface area (Å²) in [6, 6.07) is 26.0. The second-order valence-electron chi connectivity index (χ2n) is 8.17. The molecule has 1 atom stereocenters. The molecule has 2 aromatic carbocycles. The largest absolute Gasteiger partial charge is 0.350 e. The van der Waals surface area contributed by atoms with Crippen molar-refractivity contribution in [2.24, 2.45) is 0 Å². The molecule has 0 bridgehead atoms. The SMILES string of the molecule is O=C(NC[C@H](c1ccccc1)N1CCCC1)c1cc(-c2ccccn2)nc2ccccc12. The van der Waals surface area contributed by atoms with Crippen LogP contribution >= 0.6 is 0 Å². The van der Waals surface area contributed by atoms with Crippen LogP contribution in [0.4, 0.5) is 0 Å². The Morgan fingerprint density at radius 3 is 2.44 bits per heavy atom. The summed E-state index contributed by atoms with van der Waals surface area (Å²) < 4.78 is 0. The number of aromatic nitrogens is 2. The Kier molecular flexibility index (Phi) is 5.90. The first kappa shape index (κ1) is 20.3. The second kappa shape index (κ2) is 9.28. The van der Waals surface area contributed by atoms with E-state index in [0.717, 1.165) is 29.7 Å². The van der Waals surface area contributed by atoms with Gasteiger partial charge in [-0.05, 0) is 55.8 Å². The van der Waals surface area contributed by atoms with Crippen LogP contribution in [0, 0.1) is 0 Å². The number of nitrogens with one attached hydrogen (secondary N) is 1. The molecular weight excluding hydrogens is 396 g/mol. The van der Waals surface area contributed by atoms with Gasteiger partial charge in [-0.2, -0.15) is 0 Å². The maximum absolute atomic E-state index is 13.4. The lowest BCUT2D eigenvalue weighted by Gasteiger charge is -2.28. The Bertz CT molecular complexity index is 1200. The quantitative estimate of drug-likeness (QED) is 0.482. The van der Waals surface area contributed by atoms with Crippen LogP contribution in [-0.2, 0) is 0 Å². The van der Waals surface area contributed by atoms with Gasteiger partial charge in [0, 0.05) is 18.1 Å². The van der Waals surface area contributed by atoms with Crippen LogP contribution in [0.15, 0.2) is 85.1 Å². The summed E-state index contributed by atoms with van der Waals surface area (Å²) in [7, 11) is 0.